The average Bonchev–Trinajstić information content (AvgIpc) is 2.47. The van der Waals surface area contributed by atoms with Crippen molar-refractivity contribution in [2.75, 3.05) is 13.1 Å². The molecule has 0 aliphatic carbocycles. The van der Waals surface area contributed by atoms with Crippen LogP contribution in [0.15, 0.2) is 30.3 Å². The van der Waals surface area contributed by atoms with Crippen molar-refractivity contribution in [1.82, 2.24) is 4.90 Å². The van der Waals surface area contributed by atoms with Crippen LogP contribution in [0.25, 0.3) is 0 Å². The van der Waals surface area contributed by atoms with Gasteiger partial charge in [0, 0.05) is 13.1 Å². The molecule has 0 unspecified atom stereocenters. The molecule has 0 saturated carbocycles. The molecule has 18 heavy (non-hydrogen) atoms. The van der Waals surface area contributed by atoms with Crippen LogP contribution >= 0.6 is 0 Å². The van der Waals surface area contributed by atoms with Crippen molar-refractivity contribution in [2.45, 2.75) is 32.2 Å². The summed E-state index contributed by atoms with van der Waals surface area (Å²) in [7, 11) is 0. The molecule has 3 heteroatoms. The quantitative estimate of drug-likeness (QED) is 0.889. The minimum absolute atomic E-state index is 0.0655. The van der Waals surface area contributed by atoms with Crippen LogP contribution in [0.2, 0.25) is 0 Å². The zero-order chi connectivity index (χ0) is 13.0. The zero-order valence-corrected chi connectivity index (χ0v) is 11.0. The number of piperidine rings is 1. The second-order valence-corrected chi connectivity index (χ2v) is 5.07. The second kappa shape index (κ2) is 6.01. The Morgan fingerprint density at radius 2 is 1.94 bits per heavy atom. The van der Waals surface area contributed by atoms with Gasteiger partial charge in [-0.05, 0) is 24.3 Å². The van der Waals surface area contributed by atoms with E-state index >= 15 is 0 Å². The summed E-state index contributed by atoms with van der Waals surface area (Å²) in [6.07, 6.45) is 3.44. The number of nitrogens with two attached hydrogens (primary N) is 1. The molecule has 0 radical (unpaired) electrons. The maximum absolute atomic E-state index is 12.3. The maximum atomic E-state index is 12.3. The van der Waals surface area contributed by atoms with Gasteiger partial charge in [0.1, 0.15) is 6.04 Å². The summed E-state index contributed by atoms with van der Waals surface area (Å²) in [6, 6.07) is 9.11. The third-order valence-electron chi connectivity index (χ3n) is 3.93. The van der Waals surface area contributed by atoms with Crippen molar-refractivity contribution in [2.24, 2.45) is 11.7 Å². The lowest BCUT2D eigenvalue weighted by atomic mass is 9.93. The molecule has 0 spiro atoms. The van der Waals surface area contributed by atoms with Crippen molar-refractivity contribution in [1.29, 1.82) is 0 Å². The lowest BCUT2D eigenvalue weighted by Crippen LogP contribution is -2.43. The van der Waals surface area contributed by atoms with Gasteiger partial charge in [0.15, 0.2) is 0 Å². The third kappa shape index (κ3) is 2.91. The van der Waals surface area contributed by atoms with Crippen LogP contribution in [0.4, 0.5) is 0 Å². The molecule has 1 aromatic rings. The zero-order valence-electron chi connectivity index (χ0n) is 11.0. The van der Waals surface area contributed by atoms with Crippen LogP contribution < -0.4 is 5.73 Å². The monoisotopic (exact) mass is 246 g/mol. The Morgan fingerprint density at radius 1 is 1.33 bits per heavy atom. The van der Waals surface area contributed by atoms with Crippen LogP contribution in [0.5, 0.6) is 0 Å². The molecule has 2 N–H and O–H groups in total. The highest BCUT2D eigenvalue weighted by Crippen LogP contribution is 2.22. The first-order chi connectivity index (χ1) is 8.72. The van der Waals surface area contributed by atoms with E-state index in [0.29, 0.717) is 0 Å². The number of rotatable bonds is 3. The van der Waals surface area contributed by atoms with Gasteiger partial charge >= 0.3 is 0 Å². The maximum Gasteiger partial charge on any atom is 0.244 e. The number of nitrogens with zero attached hydrogens (tertiary/aromatic N) is 1. The van der Waals surface area contributed by atoms with Crippen molar-refractivity contribution in [3.63, 3.8) is 0 Å². The smallest absolute Gasteiger partial charge is 0.244 e. The third-order valence-corrected chi connectivity index (χ3v) is 3.93. The molecule has 1 aromatic carbocycles. The van der Waals surface area contributed by atoms with Gasteiger partial charge in [-0.1, -0.05) is 43.7 Å². The number of benzene rings is 1. The molecule has 1 aliphatic heterocycles. The van der Waals surface area contributed by atoms with Gasteiger partial charge in [0.05, 0.1) is 0 Å². The summed E-state index contributed by atoms with van der Waals surface area (Å²) in [5.41, 5.74) is 6.95. The van der Waals surface area contributed by atoms with Crippen LogP contribution in [0, 0.1) is 5.92 Å². The predicted molar refractivity (Wildman–Crippen MR) is 73.0 cm³/mol. The van der Waals surface area contributed by atoms with E-state index in [0.717, 1.165) is 37.4 Å². The molecule has 1 aliphatic rings. The molecule has 2 rings (SSSR count). The van der Waals surface area contributed by atoms with Crippen molar-refractivity contribution in [3.8, 4) is 0 Å². The van der Waals surface area contributed by atoms with Crippen LogP contribution in [-0.2, 0) is 4.79 Å². The first kappa shape index (κ1) is 13.1. The topological polar surface area (TPSA) is 46.3 Å². The molecule has 0 bridgehead atoms. The van der Waals surface area contributed by atoms with Crippen LogP contribution in [-0.4, -0.2) is 23.9 Å². The molecule has 1 amide bonds. The predicted octanol–water partition coefficient (Wildman–Crippen LogP) is 2.33. The Hall–Kier alpha value is -1.35. The second-order valence-electron chi connectivity index (χ2n) is 5.07. The standard InChI is InChI=1S/C15H22N2O/c1-2-12-8-10-17(11-9-12)15(18)14(16)13-6-4-3-5-7-13/h3-7,12,14H,2,8-11,16H2,1H3/t14-/m0/s1. The molecular formula is C15H22N2O. The lowest BCUT2D eigenvalue weighted by molar-refractivity contribution is -0.134. The highest BCUT2D eigenvalue weighted by atomic mass is 16.2. The Labute approximate surface area is 109 Å². The number of likely N-dealkylation sites (tertiary alicyclic amines) is 1. The Morgan fingerprint density at radius 3 is 2.50 bits per heavy atom. The van der Waals surface area contributed by atoms with Crippen molar-refractivity contribution in [3.05, 3.63) is 35.9 Å². The molecular weight excluding hydrogens is 224 g/mol. The van der Waals surface area contributed by atoms with E-state index in [4.69, 9.17) is 5.73 Å². The molecule has 98 valence electrons. The van der Waals surface area contributed by atoms with Gasteiger partial charge in [-0.2, -0.15) is 0 Å². The van der Waals surface area contributed by atoms with E-state index in [9.17, 15) is 4.79 Å². The summed E-state index contributed by atoms with van der Waals surface area (Å²) in [6.45, 7) is 3.94. The van der Waals surface area contributed by atoms with Crippen LogP contribution in [0.3, 0.4) is 0 Å². The number of hydrogen-bond acceptors (Lipinski definition) is 2. The van der Waals surface area contributed by atoms with Gasteiger partial charge in [0.2, 0.25) is 5.91 Å². The van der Waals surface area contributed by atoms with Gasteiger partial charge in [-0.3, -0.25) is 4.79 Å². The fourth-order valence-electron chi connectivity index (χ4n) is 2.56. The van der Waals surface area contributed by atoms with E-state index in [1.54, 1.807) is 0 Å². The molecule has 1 fully saturated rings. The largest absolute Gasteiger partial charge is 0.341 e. The van der Waals surface area contributed by atoms with E-state index in [1.807, 2.05) is 35.2 Å². The van der Waals surface area contributed by atoms with Crippen LogP contribution in [0.1, 0.15) is 37.8 Å². The first-order valence-corrected chi connectivity index (χ1v) is 6.81. The highest BCUT2D eigenvalue weighted by molar-refractivity contribution is 5.83. The number of amides is 1. The number of carbonyl (C=O) groups is 1. The lowest BCUT2D eigenvalue weighted by Gasteiger charge is -2.33. The SMILES string of the molecule is CCC1CCN(C(=O)[C@@H](N)c2ccccc2)CC1. The van der Waals surface area contributed by atoms with Gasteiger partial charge < -0.3 is 10.6 Å². The fraction of sp³-hybridized carbons (Fsp3) is 0.533. The fourth-order valence-corrected chi connectivity index (χ4v) is 2.56. The minimum atomic E-state index is -0.510. The summed E-state index contributed by atoms with van der Waals surface area (Å²) in [5.74, 6) is 0.845. The van der Waals surface area contributed by atoms with Crippen molar-refractivity contribution < 1.29 is 4.79 Å². The van der Waals surface area contributed by atoms with E-state index < -0.39 is 6.04 Å². The van der Waals surface area contributed by atoms with E-state index in [1.165, 1.54) is 6.42 Å². The van der Waals surface area contributed by atoms with Crippen molar-refractivity contribution >= 4 is 5.91 Å². The summed E-state index contributed by atoms with van der Waals surface area (Å²) < 4.78 is 0. The first-order valence-electron chi connectivity index (χ1n) is 6.81. The number of hydrogen-bond donors (Lipinski definition) is 1. The van der Waals surface area contributed by atoms with Gasteiger partial charge in [-0.15, -0.1) is 0 Å². The average molecular weight is 246 g/mol. The highest BCUT2D eigenvalue weighted by Gasteiger charge is 2.26. The molecule has 0 aromatic heterocycles. The Balaban J connectivity index is 1.96. The van der Waals surface area contributed by atoms with Gasteiger partial charge in [-0.25, -0.2) is 0 Å². The molecule has 1 atom stereocenters. The van der Waals surface area contributed by atoms with E-state index in [2.05, 4.69) is 6.92 Å². The number of carbonyl (C=O) groups excluding carboxylic acids is 1. The summed E-state index contributed by atoms with van der Waals surface area (Å²) in [4.78, 5) is 14.2. The molecule has 3 nitrogen and oxygen atoms in total. The molecule has 1 saturated heterocycles. The molecule has 1 heterocycles. The summed E-state index contributed by atoms with van der Waals surface area (Å²) in [5, 5.41) is 0. The Bertz CT molecular complexity index is 383. The Kier molecular flexibility index (Phi) is 4.37. The minimum Gasteiger partial charge on any atom is -0.341 e. The van der Waals surface area contributed by atoms with Gasteiger partial charge in [0.25, 0.3) is 0 Å². The van der Waals surface area contributed by atoms with E-state index in [-0.39, 0.29) is 5.91 Å². The normalized spacial score (nSPS) is 18.7. The summed E-state index contributed by atoms with van der Waals surface area (Å²) >= 11 is 0.